The Bertz CT molecular complexity index is 775. The van der Waals surface area contributed by atoms with Crippen LogP contribution in [0, 0.1) is 0 Å². The van der Waals surface area contributed by atoms with Gasteiger partial charge in [0.15, 0.2) is 0 Å². The average Bonchev–Trinajstić information content (AvgIpc) is 2.90. The number of imidazole rings is 1. The predicted octanol–water partition coefficient (Wildman–Crippen LogP) is 2.49. The van der Waals surface area contributed by atoms with E-state index in [0.29, 0.717) is 5.56 Å². The molecule has 5 heteroatoms. The molecule has 0 aliphatic carbocycles. The molecule has 0 saturated heterocycles. The molecule has 5 nitrogen and oxygen atoms in total. The predicted molar refractivity (Wildman–Crippen MR) is 73.6 cm³/mol. The molecule has 3 rings (SSSR count). The van der Waals surface area contributed by atoms with Gasteiger partial charge in [0.05, 0.1) is 18.4 Å². The smallest absolute Gasteiger partial charge is 0.339 e. The molecule has 0 fully saturated rings. The zero-order valence-corrected chi connectivity index (χ0v) is 10.8. The summed E-state index contributed by atoms with van der Waals surface area (Å²) < 4.78 is 6.46. The number of aromatic hydroxyl groups is 1. The van der Waals surface area contributed by atoms with Crippen molar-refractivity contribution in [2.24, 2.45) is 0 Å². The number of pyridine rings is 1. The van der Waals surface area contributed by atoms with Gasteiger partial charge in [-0.15, -0.1) is 0 Å². The Balaban J connectivity index is 2.06. The highest BCUT2D eigenvalue weighted by Crippen LogP contribution is 2.21. The second kappa shape index (κ2) is 4.70. The van der Waals surface area contributed by atoms with E-state index in [1.807, 2.05) is 6.20 Å². The highest BCUT2D eigenvalue weighted by atomic mass is 16.5. The molecule has 20 heavy (non-hydrogen) atoms. The van der Waals surface area contributed by atoms with Crippen LogP contribution in [-0.4, -0.2) is 27.6 Å². The Kier molecular flexibility index (Phi) is 2.87. The van der Waals surface area contributed by atoms with E-state index in [9.17, 15) is 9.90 Å². The highest BCUT2D eigenvalue weighted by Gasteiger charge is 2.09. The summed E-state index contributed by atoms with van der Waals surface area (Å²) in [4.78, 5) is 16.0. The second-order valence-corrected chi connectivity index (χ2v) is 4.35. The first-order valence-electron chi connectivity index (χ1n) is 6.04. The minimum Gasteiger partial charge on any atom is -0.508 e. The number of ether oxygens (including phenoxy) is 1. The summed E-state index contributed by atoms with van der Waals surface area (Å²) in [5, 5.41) is 9.29. The minimum atomic E-state index is -0.383. The number of phenolic OH excluding ortho intramolecular Hbond substituents is 1. The maximum Gasteiger partial charge on any atom is 0.339 e. The van der Waals surface area contributed by atoms with E-state index in [0.717, 1.165) is 16.9 Å². The van der Waals surface area contributed by atoms with Gasteiger partial charge in [0.25, 0.3) is 0 Å². The molecular weight excluding hydrogens is 256 g/mol. The average molecular weight is 268 g/mol. The summed E-state index contributed by atoms with van der Waals surface area (Å²) in [6.45, 7) is 0. The zero-order chi connectivity index (χ0) is 14.1. The molecular formula is C15H12N2O3. The fourth-order valence-corrected chi connectivity index (χ4v) is 2.00. The molecule has 0 spiro atoms. The zero-order valence-electron chi connectivity index (χ0n) is 10.8. The molecule has 0 aliphatic heterocycles. The van der Waals surface area contributed by atoms with Crippen LogP contribution >= 0.6 is 0 Å². The Morgan fingerprint density at radius 3 is 2.60 bits per heavy atom. The summed E-state index contributed by atoms with van der Waals surface area (Å²) in [5.74, 6) is -0.169. The number of rotatable bonds is 2. The van der Waals surface area contributed by atoms with Crippen LogP contribution in [0.5, 0.6) is 5.75 Å². The summed E-state index contributed by atoms with van der Waals surface area (Å²) in [6, 6.07) is 10.2. The topological polar surface area (TPSA) is 63.8 Å². The normalized spacial score (nSPS) is 10.7. The van der Waals surface area contributed by atoms with Crippen molar-refractivity contribution in [2.45, 2.75) is 0 Å². The third-order valence-corrected chi connectivity index (χ3v) is 3.04. The summed E-state index contributed by atoms with van der Waals surface area (Å²) >= 11 is 0. The first kappa shape index (κ1) is 12.2. The van der Waals surface area contributed by atoms with Crippen molar-refractivity contribution in [2.75, 3.05) is 7.11 Å². The van der Waals surface area contributed by atoms with Gasteiger partial charge in [0, 0.05) is 18.0 Å². The molecule has 100 valence electrons. The highest BCUT2D eigenvalue weighted by molar-refractivity contribution is 5.89. The van der Waals surface area contributed by atoms with Crippen molar-refractivity contribution in [3.05, 3.63) is 54.4 Å². The molecule has 1 N–H and O–H groups in total. The second-order valence-electron chi connectivity index (χ2n) is 4.35. The first-order valence-corrected chi connectivity index (χ1v) is 6.04. The number of nitrogens with zero attached hydrogens (tertiary/aromatic N) is 2. The molecule has 0 bridgehead atoms. The van der Waals surface area contributed by atoms with Gasteiger partial charge in [-0.05, 0) is 36.4 Å². The van der Waals surface area contributed by atoms with Gasteiger partial charge in [-0.3, -0.25) is 0 Å². The van der Waals surface area contributed by atoms with Crippen molar-refractivity contribution in [3.63, 3.8) is 0 Å². The fraction of sp³-hybridized carbons (Fsp3) is 0.0667. The number of phenols is 1. The molecule has 0 saturated carbocycles. The third kappa shape index (κ3) is 2.09. The van der Waals surface area contributed by atoms with Gasteiger partial charge in [-0.25, -0.2) is 9.78 Å². The van der Waals surface area contributed by atoms with Crippen molar-refractivity contribution < 1.29 is 14.6 Å². The molecule has 3 aromatic rings. The number of esters is 1. The van der Waals surface area contributed by atoms with Crippen LogP contribution in [0.1, 0.15) is 10.4 Å². The largest absolute Gasteiger partial charge is 0.508 e. The van der Waals surface area contributed by atoms with Gasteiger partial charge in [0.2, 0.25) is 0 Å². The Hall–Kier alpha value is -2.82. The number of hydrogen-bond donors (Lipinski definition) is 1. The van der Waals surface area contributed by atoms with Crippen LogP contribution in [0.4, 0.5) is 0 Å². The lowest BCUT2D eigenvalue weighted by molar-refractivity contribution is 0.0600. The van der Waals surface area contributed by atoms with E-state index >= 15 is 0 Å². The number of hydrogen-bond acceptors (Lipinski definition) is 4. The SMILES string of the molecule is COC(=O)c1ccc2nc(-c3ccc(O)cc3)cn2c1. The first-order chi connectivity index (χ1) is 9.67. The van der Waals surface area contributed by atoms with Crippen LogP contribution in [0.3, 0.4) is 0 Å². The van der Waals surface area contributed by atoms with Crippen molar-refractivity contribution in [1.82, 2.24) is 9.38 Å². The maximum absolute atomic E-state index is 11.5. The van der Waals surface area contributed by atoms with Gasteiger partial charge >= 0.3 is 5.97 Å². The lowest BCUT2D eigenvalue weighted by atomic mass is 10.2. The van der Waals surface area contributed by atoms with E-state index in [-0.39, 0.29) is 11.7 Å². The Morgan fingerprint density at radius 1 is 1.15 bits per heavy atom. The van der Waals surface area contributed by atoms with Crippen molar-refractivity contribution in [3.8, 4) is 17.0 Å². The number of methoxy groups -OCH3 is 1. The van der Waals surface area contributed by atoms with E-state index in [1.54, 1.807) is 47.0 Å². The quantitative estimate of drug-likeness (QED) is 0.725. The van der Waals surface area contributed by atoms with Crippen LogP contribution in [0.2, 0.25) is 0 Å². The van der Waals surface area contributed by atoms with Crippen LogP contribution < -0.4 is 0 Å². The third-order valence-electron chi connectivity index (χ3n) is 3.04. The molecule has 2 aromatic heterocycles. The number of carbonyl (C=O) groups is 1. The summed E-state index contributed by atoms with van der Waals surface area (Å²) in [7, 11) is 1.35. The van der Waals surface area contributed by atoms with E-state index in [2.05, 4.69) is 9.72 Å². The van der Waals surface area contributed by atoms with Gasteiger partial charge < -0.3 is 14.2 Å². The monoisotopic (exact) mass is 268 g/mol. The maximum atomic E-state index is 11.5. The number of benzene rings is 1. The molecule has 2 heterocycles. The number of aromatic nitrogens is 2. The molecule has 0 radical (unpaired) electrons. The van der Waals surface area contributed by atoms with E-state index in [4.69, 9.17) is 0 Å². The van der Waals surface area contributed by atoms with Gasteiger partial charge in [-0.1, -0.05) is 0 Å². The lowest BCUT2D eigenvalue weighted by Gasteiger charge is -1.99. The van der Waals surface area contributed by atoms with Crippen molar-refractivity contribution >= 4 is 11.6 Å². The molecule has 0 amide bonds. The molecule has 1 aromatic carbocycles. The summed E-state index contributed by atoms with van der Waals surface area (Å²) in [6.07, 6.45) is 3.51. The van der Waals surface area contributed by atoms with E-state index < -0.39 is 0 Å². The van der Waals surface area contributed by atoms with Crippen LogP contribution in [0.15, 0.2) is 48.8 Å². The van der Waals surface area contributed by atoms with Crippen LogP contribution in [0.25, 0.3) is 16.9 Å². The lowest BCUT2D eigenvalue weighted by Crippen LogP contribution is -2.02. The Labute approximate surface area is 115 Å². The molecule has 0 atom stereocenters. The van der Waals surface area contributed by atoms with Gasteiger partial charge in [-0.2, -0.15) is 0 Å². The van der Waals surface area contributed by atoms with E-state index in [1.165, 1.54) is 7.11 Å². The van der Waals surface area contributed by atoms with Gasteiger partial charge in [0.1, 0.15) is 11.4 Å². The van der Waals surface area contributed by atoms with Crippen molar-refractivity contribution in [1.29, 1.82) is 0 Å². The Morgan fingerprint density at radius 2 is 1.90 bits per heavy atom. The standard InChI is InChI=1S/C15H12N2O3/c1-20-15(19)11-4-7-14-16-13(9-17(14)8-11)10-2-5-12(18)6-3-10/h2-9,18H,1H3. The number of carbonyl (C=O) groups excluding carboxylic acids is 1. The van der Waals surface area contributed by atoms with Crippen LogP contribution in [-0.2, 0) is 4.74 Å². The fourth-order valence-electron chi connectivity index (χ4n) is 2.00. The molecule has 0 unspecified atom stereocenters. The minimum absolute atomic E-state index is 0.213. The molecule has 0 aliphatic rings. The number of fused-ring (bicyclic) bond motifs is 1. The summed E-state index contributed by atoms with van der Waals surface area (Å²) in [5.41, 5.74) is 2.87.